The third kappa shape index (κ3) is 6.01. The maximum absolute atomic E-state index is 11.7. The molecule has 0 bridgehead atoms. The molecule has 1 amide bonds. The number of piperidine rings is 1. The van der Waals surface area contributed by atoms with E-state index in [1.807, 2.05) is 0 Å². The van der Waals surface area contributed by atoms with E-state index < -0.39 is 0 Å². The summed E-state index contributed by atoms with van der Waals surface area (Å²) in [6.45, 7) is 4.02. The minimum atomic E-state index is 0.0604. The van der Waals surface area contributed by atoms with Crippen LogP contribution in [0.2, 0.25) is 0 Å². The fourth-order valence-corrected chi connectivity index (χ4v) is 3.37. The van der Waals surface area contributed by atoms with Crippen molar-refractivity contribution in [2.24, 2.45) is 11.7 Å². The van der Waals surface area contributed by atoms with E-state index in [1.54, 1.807) is 0 Å². The van der Waals surface area contributed by atoms with Crippen LogP contribution in [0.3, 0.4) is 0 Å². The molecule has 1 aliphatic heterocycles. The summed E-state index contributed by atoms with van der Waals surface area (Å²) in [6.07, 6.45) is 6.66. The molecule has 1 saturated carbocycles. The van der Waals surface area contributed by atoms with Crippen LogP contribution in [0.15, 0.2) is 24.3 Å². The molecule has 25 heavy (non-hydrogen) atoms. The van der Waals surface area contributed by atoms with Crippen molar-refractivity contribution in [1.82, 2.24) is 10.2 Å². The Balaban J connectivity index is 1.48. The number of amides is 1. The van der Waals surface area contributed by atoms with Crippen LogP contribution >= 0.6 is 0 Å². The van der Waals surface area contributed by atoms with Gasteiger partial charge in [-0.25, -0.2) is 0 Å². The minimum absolute atomic E-state index is 0.0604. The van der Waals surface area contributed by atoms with Crippen LogP contribution in [-0.2, 0) is 11.3 Å². The molecule has 5 heteroatoms. The van der Waals surface area contributed by atoms with Gasteiger partial charge in [0.1, 0.15) is 5.75 Å². The average molecular weight is 345 g/mol. The molecule has 3 N–H and O–H groups in total. The summed E-state index contributed by atoms with van der Waals surface area (Å²) < 4.78 is 5.81. The first-order valence-electron chi connectivity index (χ1n) is 9.67. The molecule has 1 aromatic carbocycles. The number of rotatable bonds is 9. The molecule has 1 aliphatic carbocycles. The van der Waals surface area contributed by atoms with E-state index in [2.05, 4.69) is 34.5 Å². The van der Waals surface area contributed by atoms with Gasteiger partial charge in [0.15, 0.2) is 0 Å². The molecule has 3 rings (SSSR count). The first-order valence-corrected chi connectivity index (χ1v) is 9.67. The lowest BCUT2D eigenvalue weighted by molar-refractivity contribution is -0.121. The second-order valence-corrected chi connectivity index (χ2v) is 7.36. The van der Waals surface area contributed by atoms with Gasteiger partial charge in [-0.05, 0) is 55.8 Å². The quantitative estimate of drug-likeness (QED) is 0.721. The second-order valence-electron chi connectivity index (χ2n) is 7.36. The Morgan fingerprint density at radius 3 is 2.72 bits per heavy atom. The van der Waals surface area contributed by atoms with Crippen LogP contribution < -0.4 is 15.8 Å². The highest BCUT2D eigenvalue weighted by molar-refractivity contribution is 5.76. The number of likely N-dealkylation sites (tertiary alicyclic amines) is 1. The molecule has 5 nitrogen and oxygen atoms in total. The molecule has 1 unspecified atom stereocenters. The van der Waals surface area contributed by atoms with Gasteiger partial charge in [0.2, 0.25) is 5.91 Å². The number of nitrogens with zero attached hydrogens (tertiary/aromatic N) is 1. The molecule has 1 heterocycles. The van der Waals surface area contributed by atoms with Crippen molar-refractivity contribution >= 4 is 5.91 Å². The van der Waals surface area contributed by atoms with Crippen molar-refractivity contribution in [2.45, 2.75) is 51.1 Å². The van der Waals surface area contributed by atoms with Crippen molar-refractivity contribution < 1.29 is 9.53 Å². The van der Waals surface area contributed by atoms with Crippen molar-refractivity contribution in [3.8, 4) is 5.75 Å². The number of carbonyl (C=O) groups excluding carboxylic acids is 1. The fraction of sp³-hybridized carbons (Fsp3) is 0.650. The van der Waals surface area contributed by atoms with Gasteiger partial charge in [-0.3, -0.25) is 9.69 Å². The summed E-state index contributed by atoms with van der Waals surface area (Å²) in [4.78, 5) is 14.2. The number of hydrogen-bond donors (Lipinski definition) is 2. The van der Waals surface area contributed by atoms with E-state index in [0.717, 1.165) is 44.3 Å². The highest BCUT2D eigenvalue weighted by Gasteiger charge is 2.23. The summed E-state index contributed by atoms with van der Waals surface area (Å²) in [6, 6.07) is 8.92. The van der Waals surface area contributed by atoms with Gasteiger partial charge in [-0.1, -0.05) is 18.6 Å². The third-order valence-corrected chi connectivity index (χ3v) is 5.15. The molecule has 2 aliphatic rings. The van der Waals surface area contributed by atoms with Crippen LogP contribution in [-0.4, -0.2) is 43.1 Å². The molecule has 1 atom stereocenters. The Labute approximate surface area is 150 Å². The Kier molecular flexibility index (Phi) is 6.70. The highest BCUT2D eigenvalue weighted by atomic mass is 16.5. The van der Waals surface area contributed by atoms with Crippen molar-refractivity contribution in [1.29, 1.82) is 0 Å². The lowest BCUT2D eigenvalue weighted by Gasteiger charge is -2.36. The van der Waals surface area contributed by atoms with E-state index in [1.165, 1.54) is 31.2 Å². The molecule has 0 spiro atoms. The molecule has 0 radical (unpaired) electrons. The lowest BCUT2D eigenvalue weighted by Crippen LogP contribution is -2.46. The van der Waals surface area contributed by atoms with Gasteiger partial charge >= 0.3 is 0 Å². The second kappa shape index (κ2) is 9.20. The van der Waals surface area contributed by atoms with Crippen molar-refractivity contribution in [2.75, 3.05) is 26.2 Å². The average Bonchev–Trinajstić information content (AvgIpc) is 3.45. The van der Waals surface area contributed by atoms with E-state index in [0.29, 0.717) is 19.0 Å². The van der Waals surface area contributed by atoms with Gasteiger partial charge in [-0.15, -0.1) is 0 Å². The summed E-state index contributed by atoms with van der Waals surface area (Å²) in [5.74, 6) is 1.81. The van der Waals surface area contributed by atoms with E-state index in [-0.39, 0.29) is 5.91 Å². The van der Waals surface area contributed by atoms with E-state index in [4.69, 9.17) is 10.5 Å². The topological polar surface area (TPSA) is 67.6 Å². The van der Waals surface area contributed by atoms with Crippen molar-refractivity contribution in [3.05, 3.63) is 29.8 Å². The van der Waals surface area contributed by atoms with Crippen LogP contribution in [0.25, 0.3) is 0 Å². The van der Waals surface area contributed by atoms with Crippen LogP contribution in [0.4, 0.5) is 0 Å². The smallest absolute Gasteiger partial charge is 0.221 e. The molecular formula is C20H31N3O2. The van der Waals surface area contributed by atoms with E-state index >= 15 is 0 Å². The van der Waals surface area contributed by atoms with Crippen molar-refractivity contribution in [3.63, 3.8) is 0 Å². The maximum Gasteiger partial charge on any atom is 0.221 e. The molecule has 2 fully saturated rings. The largest absolute Gasteiger partial charge is 0.493 e. The number of hydrogen-bond acceptors (Lipinski definition) is 4. The Hall–Kier alpha value is -1.59. The monoisotopic (exact) mass is 345 g/mol. The fourth-order valence-electron chi connectivity index (χ4n) is 3.37. The zero-order valence-electron chi connectivity index (χ0n) is 15.1. The normalized spacial score (nSPS) is 21.1. The molecule has 1 saturated heterocycles. The summed E-state index contributed by atoms with van der Waals surface area (Å²) in [5, 5.41) is 3.03. The number of carbonyl (C=O) groups is 1. The Bertz CT molecular complexity index is 542. The van der Waals surface area contributed by atoms with Gasteiger partial charge in [0.05, 0.1) is 6.61 Å². The third-order valence-electron chi connectivity index (χ3n) is 5.15. The SMILES string of the molecule is NCCC(=O)NCC1CCCCN1Cc1ccc(OCC2CC2)cc1. The summed E-state index contributed by atoms with van der Waals surface area (Å²) in [7, 11) is 0. The van der Waals surface area contributed by atoms with Crippen LogP contribution in [0, 0.1) is 5.92 Å². The Morgan fingerprint density at radius 1 is 1.20 bits per heavy atom. The predicted molar refractivity (Wildman–Crippen MR) is 99.4 cm³/mol. The lowest BCUT2D eigenvalue weighted by atomic mass is 10.0. The standard InChI is InChI=1S/C20H31N3O2/c21-11-10-20(24)22-13-18-3-1-2-12-23(18)14-16-6-8-19(9-7-16)25-15-17-4-5-17/h6-9,17-18H,1-5,10-15,21H2,(H,22,24). The van der Waals surface area contributed by atoms with Gasteiger partial charge < -0.3 is 15.8 Å². The zero-order valence-corrected chi connectivity index (χ0v) is 15.1. The molecule has 138 valence electrons. The number of nitrogens with two attached hydrogens (primary N) is 1. The van der Waals surface area contributed by atoms with Gasteiger partial charge in [-0.2, -0.15) is 0 Å². The first-order chi connectivity index (χ1) is 12.2. The molecular weight excluding hydrogens is 314 g/mol. The molecule has 0 aromatic heterocycles. The molecule has 1 aromatic rings. The van der Waals surface area contributed by atoms with Crippen LogP contribution in [0.1, 0.15) is 44.1 Å². The number of ether oxygens (including phenoxy) is 1. The summed E-state index contributed by atoms with van der Waals surface area (Å²) in [5.41, 5.74) is 6.74. The first kappa shape index (κ1) is 18.2. The summed E-state index contributed by atoms with van der Waals surface area (Å²) >= 11 is 0. The van der Waals surface area contributed by atoms with Gasteiger partial charge in [0, 0.05) is 32.1 Å². The number of benzene rings is 1. The Morgan fingerprint density at radius 2 is 2.00 bits per heavy atom. The predicted octanol–water partition coefficient (Wildman–Crippen LogP) is 2.29. The number of nitrogens with one attached hydrogen (secondary N) is 1. The van der Waals surface area contributed by atoms with E-state index in [9.17, 15) is 4.79 Å². The van der Waals surface area contributed by atoms with Crippen LogP contribution in [0.5, 0.6) is 5.75 Å². The maximum atomic E-state index is 11.7. The van der Waals surface area contributed by atoms with Gasteiger partial charge in [0.25, 0.3) is 0 Å². The zero-order chi connectivity index (χ0) is 17.5. The highest BCUT2D eigenvalue weighted by Crippen LogP contribution is 2.29. The minimum Gasteiger partial charge on any atom is -0.493 e.